The van der Waals surface area contributed by atoms with Gasteiger partial charge < -0.3 is 30.9 Å². The first-order valence-corrected chi connectivity index (χ1v) is 11.1. The minimum atomic E-state index is -3.35. The normalized spacial score (nSPS) is 14.3. The maximum atomic E-state index is 12.2. The lowest BCUT2D eigenvalue weighted by molar-refractivity contribution is -0.137. The molecule has 0 aliphatic rings. The molecule has 2 atom stereocenters. The molecular weight excluding hydrogens is 365 g/mol. The van der Waals surface area contributed by atoms with Gasteiger partial charge in [0.2, 0.25) is 5.91 Å². The Morgan fingerprint density at radius 1 is 1.13 bits per heavy atom. The summed E-state index contributed by atoms with van der Waals surface area (Å²) in [5.74, 6) is -1.10. The zero-order chi connectivity index (χ0) is 17.9. The topological polar surface area (TPSA) is 154 Å². The molecule has 136 valence electrons. The molecule has 0 aromatic heterocycles. The highest BCUT2D eigenvalue weighted by molar-refractivity contribution is 8.76. The van der Waals surface area contributed by atoms with E-state index in [2.05, 4.69) is 5.32 Å². The van der Waals surface area contributed by atoms with Gasteiger partial charge in [-0.25, -0.2) is 0 Å². The van der Waals surface area contributed by atoms with Crippen molar-refractivity contribution in [1.29, 1.82) is 0 Å². The summed E-state index contributed by atoms with van der Waals surface area (Å²) in [6.07, 6.45) is -0.247. The highest BCUT2D eigenvalue weighted by Crippen LogP contribution is 2.46. The molecule has 0 aromatic carbocycles. The maximum Gasteiger partial charge on any atom is 0.349 e. The van der Waals surface area contributed by atoms with Crippen molar-refractivity contribution >= 4 is 41.1 Å². The van der Waals surface area contributed by atoms with Gasteiger partial charge in [-0.05, 0) is 13.8 Å². The number of nitrogens with one attached hydrogen (secondary N) is 1. The van der Waals surface area contributed by atoms with Crippen LogP contribution >= 0.6 is 29.2 Å². The van der Waals surface area contributed by atoms with E-state index in [1.165, 1.54) is 21.6 Å². The zero-order valence-electron chi connectivity index (χ0n) is 13.1. The zero-order valence-corrected chi connectivity index (χ0v) is 15.6. The number of carbonyl (C=O) groups is 2. The maximum absolute atomic E-state index is 12.2. The number of hydrogen-bond donors (Lipinski definition) is 4. The molecule has 0 aliphatic carbocycles. The lowest BCUT2D eigenvalue weighted by Gasteiger charge is -2.18. The minimum Gasteiger partial charge on any atom is -0.480 e. The summed E-state index contributed by atoms with van der Waals surface area (Å²) in [7, 11) is -0.883. The van der Waals surface area contributed by atoms with Crippen LogP contribution in [0.1, 0.15) is 13.8 Å². The van der Waals surface area contributed by atoms with Crippen LogP contribution in [0.5, 0.6) is 0 Å². The molecule has 0 aliphatic heterocycles. The fraction of sp³-hybridized carbons (Fsp3) is 0.818. The molecule has 0 rings (SSSR count). The predicted octanol–water partition coefficient (Wildman–Crippen LogP) is 0.447. The van der Waals surface area contributed by atoms with Gasteiger partial charge >= 0.3 is 13.6 Å². The van der Waals surface area contributed by atoms with Gasteiger partial charge in [0, 0.05) is 11.5 Å². The number of carboxylic acids is 1. The molecule has 1 amide bonds. The summed E-state index contributed by atoms with van der Waals surface area (Å²) < 4.78 is 22.3. The number of carbonyl (C=O) groups excluding carboxylic acids is 1. The minimum absolute atomic E-state index is 0.204. The van der Waals surface area contributed by atoms with E-state index in [1.54, 1.807) is 13.8 Å². The van der Waals surface area contributed by atoms with Crippen molar-refractivity contribution in [1.82, 2.24) is 5.32 Å². The summed E-state index contributed by atoms with van der Waals surface area (Å²) in [6.45, 7) is 3.76. The van der Waals surface area contributed by atoms with Crippen molar-refractivity contribution in [2.45, 2.75) is 25.9 Å². The Balaban J connectivity index is 4.10. The highest BCUT2D eigenvalue weighted by Gasteiger charge is 2.25. The number of carboxylic acid groups (broad SMARTS) is 1. The van der Waals surface area contributed by atoms with Crippen LogP contribution in [0, 0.1) is 0 Å². The van der Waals surface area contributed by atoms with E-state index in [9.17, 15) is 14.2 Å². The van der Waals surface area contributed by atoms with Crippen molar-refractivity contribution in [2.75, 3.05) is 31.0 Å². The van der Waals surface area contributed by atoms with Crippen LogP contribution in [0.3, 0.4) is 0 Å². The van der Waals surface area contributed by atoms with E-state index in [0.29, 0.717) is 0 Å². The number of amides is 1. The largest absolute Gasteiger partial charge is 0.480 e. The molecule has 0 saturated heterocycles. The average molecular weight is 389 g/mol. The molecule has 0 unspecified atom stereocenters. The molecular formula is C11H24N3O6PS2. The van der Waals surface area contributed by atoms with Crippen LogP contribution in [0.4, 0.5) is 0 Å². The van der Waals surface area contributed by atoms with E-state index in [-0.39, 0.29) is 31.0 Å². The Kier molecular flexibility index (Phi) is 12.0. The first kappa shape index (κ1) is 22.7. The van der Waals surface area contributed by atoms with Crippen molar-refractivity contribution in [3.05, 3.63) is 0 Å². The third-order valence-corrected chi connectivity index (χ3v) is 6.65. The number of hydrogen-bond acceptors (Lipinski definition) is 9. The van der Waals surface area contributed by atoms with Crippen LogP contribution < -0.4 is 16.8 Å². The average Bonchev–Trinajstić information content (AvgIpc) is 2.49. The summed E-state index contributed by atoms with van der Waals surface area (Å²) in [5, 5.41) is 11.1. The second-order valence-electron chi connectivity index (χ2n) is 4.27. The van der Waals surface area contributed by atoms with E-state index < -0.39 is 31.6 Å². The Morgan fingerprint density at radius 3 is 2.04 bits per heavy atom. The van der Waals surface area contributed by atoms with Gasteiger partial charge in [0.25, 0.3) is 0 Å². The van der Waals surface area contributed by atoms with E-state index in [1.807, 2.05) is 0 Å². The first-order chi connectivity index (χ1) is 10.8. The van der Waals surface area contributed by atoms with Gasteiger partial charge in [-0.1, -0.05) is 21.6 Å². The summed E-state index contributed by atoms with van der Waals surface area (Å²) in [5.41, 5.74) is 11.0. The Labute approximate surface area is 143 Å². The van der Waals surface area contributed by atoms with Crippen LogP contribution in [0.2, 0.25) is 0 Å². The van der Waals surface area contributed by atoms with Gasteiger partial charge in [0.15, 0.2) is 0 Å². The molecule has 0 spiro atoms. The number of aliphatic carboxylic acids is 1. The van der Waals surface area contributed by atoms with Crippen LogP contribution in [0.25, 0.3) is 0 Å². The monoisotopic (exact) mass is 389 g/mol. The first-order valence-electron chi connectivity index (χ1n) is 6.90. The Hall–Kier alpha value is -0.290. The van der Waals surface area contributed by atoms with Crippen molar-refractivity contribution in [2.24, 2.45) is 11.5 Å². The molecule has 12 heteroatoms. The quantitative estimate of drug-likeness (QED) is 0.198. The molecule has 0 radical (unpaired) electrons. The molecule has 0 aromatic rings. The number of nitrogens with two attached hydrogens (primary N) is 2. The van der Waals surface area contributed by atoms with Gasteiger partial charge in [0.1, 0.15) is 12.3 Å². The lowest BCUT2D eigenvalue weighted by atomic mass is 10.3. The number of rotatable bonds is 13. The molecule has 0 bridgehead atoms. The van der Waals surface area contributed by atoms with E-state index in [4.69, 9.17) is 25.6 Å². The molecule has 0 heterocycles. The second kappa shape index (κ2) is 12.1. The fourth-order valence-corrected chi connectivity index (χ4v) is 4.85. The predicted molar refractivity (Wildman–Crippen MR) is 92.4 cm³/mol. The van der Waals surface area contributed by atoms with Crippen molar-refractivity contribution in [3.8, 4) is 0 Å². The van der Waals surface area contributed by atoms with Crippen LogP contribution in [-0.4, -0.2) is 60.1 Å². The summed E-state index contributed by atoms with van der Waals surface area (Å²) >= 11 is 0. The van der Waals surface area contributed by atoms with Gasteiger partial charge in [-0.3, -0.25) is 14.2 Å². The molecule has 0 fully saturated rings. The van der Waals surface area contributed by atoms with Gasteiger partial charge in [0.05, 0.1) is 19.3 Å². The third-order valence-electron chi connectivity index (χ3n) is 2.33. The Bertz CT molecular complexity index is 419. The highest BCUT2D eigenvalue weighted by atomic mass is 33.1. The van der Waals surface area contributed by atoms with Crippen LogP contribution in [0.15, 0.2) is 0 Å². The standard InChI is InChI=1S/C11H24N3O6PS2/c1-3-19-21(18,20-4-2)7-14-10(15)8(12)5-22-23-6-9(13)11(16)17/h8-9H,3-7,12-13H2,1-2H3,(H,14,15)(H,16,17)/t8-,9-/m0/s1. The Morgan fingerprint density at radius 2 is 1.61 bits per heavy atom. The summed E-state index contributed by atoms with van der Waals surface area (Å²) in [6, 6.07) is -1.79. The fourth-order valence-electron chi connectivity index (χ4n) is 1.22. The second-order valence-corrected chi connectivity index (χ2v) is 8.87. The van der Waals surface area contributed by atoms with Crippen molar-refractivity contribution in [3.63, 3.8) is 0 Å². The van der Waals surface area contributed by atoms with E-state index in [0.717, 1.165) is 0 Å². The molecule has 6 N–H and O–H groups in total. The summed E-state index contributed by atoms with van der Waals surface area (Å²) in [4.78, 5) is 22.4. The lowest BCUT2D eigenvalue weighted by Crippen LogP contribution is -2.42. The molecule has 0 saturated carbocycles. The van der Waals surface area contributed by atoms with Crippen molar-refractivity contribution < 1.29 is 28.3 Å². The third kappa shape index (κ3) is 10.2. The van der Waals surface area contributed by atoms with Gasteiger partial charge in [-0.15, -0.1) is 0 Å². The smallest absolute Gasteiger partial charge is 0.349 e. The van der Waals surface area contributed by atoms with E-state index >= 15 is 0 Å². The molecule has 23 heavy (non-hydrogen) atoms. The SMILES string of the molecule is CCOP(=O)(CNC(=O)[C@@H](N)CSSC[C@H](N)C(=O)O)OCC. The molecule has 9 nitrogen and oxygen atoms in total. The van der Waals surface area contributed by atoms with Crippen LogP contribution in [-0.2, 0) is 23.2 Å². The van der Waals surface area contributed by atoms with Gasteiger partial charge in [-0.2, -0.15) is 0 Å².